The third-order valence-electron chi connectivity index (χ3n) is 4.86. The zero-order valence-corrected chi connectivity index (χ0v) is 12.3. The Labute approximate surface area is 120 Å². The molecule has 2 aromatic rings. The minimum Gasteiger partial charge on any atom is -0.325 e. The molecule has 4 rings (SSSR count). The van der Waals surface area contributed by atoms with Crippen molar-refractivity contribution in [3.8, 4) is 0 Å². The van der Waals surface area contributed by atoms with Crippen molar-refractivity contribution in [1.82, 2.24) is 14.6 Å². The van der Waals surface area contributed by atoms with Crippen LogP contribution in [0, 0.1) is 11.8 Å². The van der Waals surface area contributed by atoms with Crippen molar-refractivity contribution in [2.75, 3.05) is 0 Å². The Hall–Kier alpha value is -0.940. The fourth-order valence-corrected chi connectivity index (χ4v) is 4.60. The first-order chi connectivity index (χ1) is 9.28. The van der Waals surface area contributed by atoms with Gasteiger partial charge in [-0.15, -0.1) is 0 Å². The summed E-state index contributed by atoms with van der Waals surface area (Å²) in [6.07, 6.45) is 7.28. The number of fused-ring (bicyclic) bond motifs is 3. The molecule has 0 amide bonds. The highest BCUT2D eigenvalue weighted by molar-refractivity contribution is 9.10. The van der Waals surface area contributed by atoms with E-state index < -0.39 is 0 Å². The lowest BCUT2D eigenvalue weighted by Gasteiger charge is -2.19. The van der Waals surface area contributed by atoms with E-state index in [4.69, 9.17) is 10.8 Å². The molecule has 3 atom stereocenters. The zero-order chi connectivity index (χ0) is 13.0. The van der Waals surface area contributed by atoms with Crippen LogP contribution in [0.15, 0.2) is 16.7 Å². The lowest BCUT2D eigenvalue weighted by molar-refractivity contribution is 0.411. The normalized spacial score (nSPS) is 29.5. The standard InChI is InChI=1S/C14H17BrN4/c15-12-13(11-6-8-1-2-9(11)5-8)18-19-10(7-16)3-4-17-14(12)19/h3-4,8-9,11H,1-2,5-7,16H2. The van der Waals surface area contributed by atoms with Crippen LogP contribution in [-0.4, -0.2) is 14.6 Å². The minimum atomic E-state index is 0.489. The first-order valence-electron chi connectivity index (χ1n) is 7.00. The Morgan fingerprint density at radius 3 is 2.95 bits per heavy atom. The van der Waals surface area contributed by atoms with Gasteiger partial charge in [-0.05, 0) is 53.1 Å². The van der Waals surface area contributed by atoms with Crippen molar-refractivity contribution in [1.29, 1.82) is 0 Å². The summed E-state index contributed by atoms with van der Waals surface area (Å²) >= 11 is 3.71. The highest BCUT2D eigenvalue weighted by Crippen LogP contribution is 2.53. The average molecular weight is 321 g/mol. The van der Waals surface area contributed by atoms with E-state index >= 15 is 0 Å². The van der Waals surface area contributed by atoms with Gasteiger partial charge >= 0.3 is 0 Å². The maximum Gasteiger partial charge on any atom is 0.169 e. The van der Waals surface area contributed by atoms with Gasteiger partial charge in [0.1, 0.15) is 0 Å². The predicted molar refractivity (Wildman–Crippen MR) is 76.8 cm³/mol. The largest absolute Gasteiger partial charge is 0.325 e. The van der Waals surface area contributed by atoms with Crippen LogP contribution in [0.5, 0.6) is 0 Å². The number of aromatic nitrogens is 3. The van der Waals surface area contributed by atoms with Crippen LogP contribution >= 0.6 is 15.9 Å². The Kier molecular flexibility index (Phi) is 2.67. The van der Waals surface area contributed by atoms with E-state index in [1.165, 1.54) is 31.4 Å². The van der Waals surface area contributed by atoms with Crippen molar-refractivity contribution in [2.24, 2.45) is 17.6 Å². The number of halogens is 1. The van der Waals surface area contributed by atoms with E-state index in [1.54, 1.807) is 0 Å². The molecule has 2 saturated carbocycles. The minimum absolute atomic E-state index is 0.489. The highest BCUT2D eigenvalue weighted by Gasteiger charge is 2.42. The topological polar surface area (TPSA) is 56.2 Å². The van der Waals surface area contributed by atoms with Gasteiger partial charge in [-0.1, -0.05) is 6.42 Å². The van der Waals surface area contributed by atoms with Crippen LogP contribution in [0.2, 0.25) is 0 Å². The maximum atomic E-state index is 5.79. The molecule has 5 heteroatoms. The third kappa shape index (κ3) is 1.68. The summed E-state index contributed by atoms with van der Waals surface area (Å²) in [4.78, 5) is 4.44. The molecule has 0 radical (unpaired) electrons. The number of rotatable bonds is 2. The summed E-state index contributed by atoms with van der Waals surface area (Å²) in [6, 6.07) is 1.94. The Morgan fingerprint density at radius 1 is 1.37 bits per heavy atom. The van der Waals surface area contributed by atoms with Crippen molar-refractivity contribution in [3.63, 3.8) is 0 Å². The SMILES string of the molecule is NCc1ccnc2c(Br)c(C3CC4CCC3C4)nn12. The first-order valence-corrected chi connectivity index (χ1v) is 7.79. The van der Waals surface area contributed by atoms with Gasteiger partial charge in [0.2, 0.25) is 0 Å². The van der Waals surface area contributed by atoms with Crippen molar-refractivity contribution in [3.05, 3.63) is 28.1 Å². The van der Waals surface area contributed by atoms with Gasteiger partial charge in [0.05, 0.1) is 15.9 Å². The number of hydrogen-bond donors (Lipinski definition) is 1. The summed E-state index contributed by atoms with van der Waals surface area (Å²) in [5.74, 6) is 2.36. The maximum absolute atomic E-state index is 5.79. The summed E-state index contributed by atoms with van der Waals surface area (Å²) < 4.78 is 2.98. The number of nitrogens with zero attached hydrogens (tertiary/aromatic N) is 3. The van der Waals surface area contributed by atoms with Crippen LogP contribution < -0.4 is 5.73 Å². The zero-order valence-electron chi connectivity index (χ0n) is 10.7. The predicted octanol–water partition coefficient (Wildman–Crippen LogP) is 2.85. The molecule has 0 aromatic carbocycles. The second-order valence-corrected chi connectivity index (χ2v) is 6.65. The first kappa shape index (κ1) is 11.9. The molecule has 0 aliphatic heterocycles. The van der Waals surface area contributed by atoms with E-state index in [0.29, 0.717) is 12.5 Å². The molecule has 2 N–H and O–H groups in total. The average Bonchev–Trinajstić information content (AvgIpc) is 3.12. The van der Waals surface area contributed by atoms with Crippen LogP contribution in [-0.2, 0) is 6.54 Å². The molecule has 2 bridgehead atoms. The van der Waals surface area contributed by atoms with Gasteiger partial charge in [-0.3, -0.25) is 0 Å². The molecule has 0 saturated heterocycles. The van der Waals surface area contributed by atoms with Crippen LogP contribution in [0.4, 0.5) is 0 Å². The second kappa shape index (κ2) is 4.28. The van der Waals surface area contributed by atoms with Gasteiger partial charge in [-0.2, -0.15) is 5.10 Å². The Bertz CT molecular complexity index is 636. The third-order valence-corrected chi connectivity index (χ3v) is 5.62. The monoisotopic (exact) mass is 320 g/mol. The van der Waals surface area contributed by atoms with Gasteiger partial charge < -0.3 is 5.73 Å². The summed E-state index contributed by atoms with van der Waals surface area (Å²) in [6.45, 7) is 0.489. The van der Waals surface area contributed by atoms with E-state index in [2.05, 4.69) is 20.9 Å². The van der Waals surface area contributed by atoms with E-state index in [9.17, 15) is 0 Å². The second-order valence-electron chi connectivity index (χ2n) is 5.86. The molecule has 2 aliphatic rings. The van der Waals surface area contributed by atoms with E-state index in [1.807, 2.05) is 16.8 Å². The molecule has 0 spiro atoms. The number of nitrogens with two attached hydrogens (primary N) is 1. The lowest BCUT2D eigenvalue weighted by atomic mass is 9.86. The summed E-state index contributed by atoms with van der Waals surface area (Å²) in [7, 11) is 0. The quantitative estimate of drug-likeness (QED) is 0.925. The highest BCUT2D eigenvalue weighted by atomic mass is 79.9. The lowest BCUT2D eigenvalue weighted by Crippen LogP contribution is -2.10. The van der Waals surface area contributed by atoms with Gasteiger partial charge in [0.15, 0.2) is 5.65 Å². The van der Waals surface area contributed by atoms with Crippen molar-refractivity contribution in [2.45, 2.75) is 38.1 Å². The van der Waals surface area contributed by atoms with E-state index in [0.717, 1.165) is 27.6 Å². The molecule has 19 heavy (non-hydrogen) atoms. The molecular weight excluding hydrogens is 304 g/mol. The molecule has 4 nitrogen and oxygen atoms in total. The molecule has 100 valence electrons. The van der Waals surface area contributed by atoms with E-state index in [-0.39, 0.29) is 0 Å². The van der Waals surface area contributed by atoms with Crippen molar-refractivity contribution < 1.29 is 0 Å². The molecule has 2 aliphatic carbocycles. The Morgan fingerprint density at radius 2 is 2.26 bits per heavy atom. The Balaban J connectivity index is 1.84. The van der Waals surface area contributed by atoms with Gasteiger partial charge in [0, 0.05) is 18.7 Å². The molecule has 2 aromatic heterocycles. The molecular formula is C14H17BrN4. The molecule has 3 unspecified atom stereocenters. The van der Waals surface area contributed by atoms with Crippen LogP contribution in [0.3, 0.4) is 0 Å². The summed E-state index contributed by atoms with van der Waals surface area (Å²) in [5.41, 5.74) is 8.90. The molecule has 2 heterocycles. The van der Waals surface area contributed by atoms with Gasteiger partial charge in [0.25, 0.3) is 0 Å². The summed E-state index contributed by atoms with van der Waals surface area (Å²) in [5, 5.41) is 4.81. The molecule has 2 fully saturated rings. The smallest absolute Gasteiger partial charge is 0.169 e. The van der Waals surface area contributed by atoms with Crippen LogP contribution in [0.1, 0.15) is 43.0 Å². The van der Waals surface area contributed by atoms with Crippen molar-refractivity contribution >= 4 is 21.6 Å². The van der Waals surface area contributed by atoms with Crippen LogP contribution in [0.25, 0.3) is 5.65 Å². The fourth-order valence-electron chi connectivity index (χ4n) is 3.95. The fraction of sp³-hybridized carbons (Fsp3) is 0.571. The number of hydrogen-bond acceptors (Lipinski definition) is 3. The van der Waals surface area contributed by atoms with Gasteiger partial charge in [-0.25, -0.2) is 9.50 Å².